The molecule has 1 aromatic rings. The zero-order valence-electron chi connectivity index (χ0n) is 13.3. The highest BCUT2D eigenvalue weighted by Crippen LogP contribution is 2.52. The fraction of sp³-hybridized carbons (Fsp3) is 0.556. The van der Waals surface area contributed by atoms with E-state index in [1.807, 2.05) is 12.1 Å². The molecule has 1 amide bonds. The molecule has 4 atom stereocenters. The van der Waals surface area contributed by atoms with Gasteiger partial charge in [-0.15, -0.1) is 0 Å². The van der Waals surface area contributed by atoms with Crippen molar-refractivity contribution < 1.29 is 9.53 Å². The zero-order chi connectivity index (χ0) is 16.3. The van der Waals surface area contributed by atoms with Crippen LogP contribution in [0.15, 0.2) is 23.2 Å². The highest BCUT2D eigenvalue weighted by molar-refractivity contribution is 8.15. The molecule has 4 nitrogen and oxygen atoms in total. The van der Waals surface area contributed by atoms with Gasteiger partial charge in [0, 0.05) is 23.0 Å². The number of rotatable bonds is 1. The minimum atomic E-state index is -0.668. The molecule has 6 heteroatoms. The molecular formula is C18H19ClN2O2S. The normalized spacial score (nSPS) is 36.6. The van der Waals surface area contributed by atoms with Crippen molar-refractivity contribution in [2.75, 3.05) is 6.61 Å². The van der Waals surface area contributed by atoms with E-state index >= 15 is 0 Å². The number of benzene rings is 1. The van der Waals surface area contributed by atoms with Crippen molar-refractivity contribution in [2.45, 2.75) is 42.9 Å². The number of nitrogens with zero attached hydrogens (tertiary/aromatic N) is 1. The van der Waals surface area contributed by atoms with Crippen molar-refractivity contribution in [2.24, 2.45) is 16.8 Å². The predicted molar refractivity (Wildman–Crippen MR) is 95.6 cm³/mol. The molecule has 5 rings (SSSR count). The minimum absolute atomic E-state index is 0.0787. The Morgan fingerprint density at radius 1 is 1.33 bits per heavy atom. The third-order valence-electron chi connectivity index (χ3n) is 5.95. The Balaban J connectivity index is 1.42. The fourth-order valence-corrected chi connectivity index (χ4v) is 6.20. The van der Waals surface area contributed by atoms with E-state index in [1.165, 1.54) is 25.7 Å². The smallest absolute Gasteiger partial charge is 0.269 e. The van der Waals surface area contributed by atoms with Gasteiger partial charge in [0.2, 0.25) is 0 Å². The predicted octanol–water partition coefficient (Wildman–Crippen LogP) is 3.73. The number of hydrogen-bond donors (Lipinski definition) is 1. The third kappa shape index (κ3) is 2.21. The summed E-state index contributed by atoms with van der Waals surface area (Å²) in [6.45, 7) is 0.532. The highest BCUT2D eigenvalue weighted by Gasteiger charge is 2.51. The van der Waals surface area contributed by atoms with Gasteiger partial charge in [-0.3, -0.25) is 4.79 Å². The Morgan fingerprint density at radius 2 is 2.25 bits per heavy atom. The van der Waals surface area contributed by atoms with Gasteiger partial charge in [-0.25, -0.2) is 0 Å². The first-order valence-electron chi connectivity index (χ1n) is 8.65. The second kappa shape index (κ2) is 5.40. The molecule has 2 heterocycles. The number of ether oxygens (including phenoxy) is 1. The lowest BCUT2D eigenvalue weighted by Crippen LogP contribution is -2.38. The molecule has 1 N–H and O–H groups in total. The maximum absolute atomic E-state index is 12.8. The van der Waals surface area contributed by atoms with Gasteiger partial charge in [-0.1, -0.05) is 29.8 Å². The first kappa shape index (κ1) is 15.1. The van der Waals surface area contributed by atoms with Gasteiger partial charge < -0.3 is 10.1 Å². The molecular weight excluding hydrogens is 344 g/mol. The lowest BCUT2D eigenvalue weighted by molar-refractivity contribution is -0.120. The number of carbonyl (C=O) groups is 1. The van der Waals surface area contributed by atoms with Crippen LogP contribution in [0.1, 0.15) is 37.7 Å². The zero-order valence-corrected chi connectivity index (χ0v) is 14.8. The molecule has 0 saturated heterocycles. The van der Waals surface area contributed by atoms with Crippen molar-refractivity contribution in [1.29, 1.82) is 0 Å². The van der Waals surface area contributed by atoms with E-state index in [4.69, 9.17) is 16.3 Å². The van der Waals surface area contributed by atoms with Gasteiger partial charge in [-0.2, -0.15) is 4.99 Å². The maximum Gasteiger partial charge on any atom is 0.269 e. The van der Waals surface area contributed by atoms with Crippen LogP contribution in [0.25, 0.3) is 0 Å². The summed E-state index contributed by atoms with van der Waals surface area (Å²) in [5.41, 5.74) is 0.866. The average Bonchev–Trinajstić information content (AvgIpc) is 3.25. The fourth-order valence-electron chi connectivity index (χ4n) is 4.77. The van der Waals surface area contributed by atoms with Crippen LogP contribution in [0.2, 0.25) is 5.02 Å². The van der Waals surface area contributed by atoms with Crippen LogP contribution < -0.4 is 10.1 Å². The summed E-state index contributed by atoms with van der Waals surface area (Å²) in [4.78, 5) is 17.2. The largest absolute Gasteiger partial charge is 0.493 e. The lowest BCUT2D eigenvalue weighted by atomic mass is 9.91. The van der Waals surface area contributed by atoms with Crippen LogP contribution in [0.5, 0.6) is 5.75 Å². The Kier molecular flexibility index (Phi) is 3.39. The van der Waals surface area contributed by atoms with E-state index in [0.29, 0.717) is 24.1 Å². The van der Waals surface area contributed by atoms with E-state index in [1.54, 1.807) is 17.8 Å². The molecule has 0 aromatic heterocycles. The molecule has 2 bridgehead atoms. The standard InChI is InChI=1S/C18H19ClN2O2S/c19-12-3-4-15-13(9-12)18(5-6-23-15)16(22)21-17(24-18)20-14-8-10-1-2-11(14)7-10/h3-4,9-11,14H,1-2,5-8H2,(H,20,21,22)/t10-,11?,14+,18?/m1/s1. The lowest BCUT2D eigenvalue weighted by Gasteiger charge is -2.32. The topological polar surface area (TPSA) is 50.7 Å². The highest BCUT2D eigenvalue weighted by atomic mass is 35.5. The van der Waals surface area contributed by atoms with Crippen molar-refractivity contribution in [3.63, 3.8) is 0 Å². The molecule has 2 aliphatic carbocycles. The number of hydrogen-bond acceptors (Lipinski definition) is 4. The van der Waals surface area contributed by atoms with E-state index in [0.717, 1.165) is 28.3 Å². The number of amides is 1. The SMILES string of the molecule is O=C1N=C(N[C@H]2C[C@@H]3CCC2C3)SC12CCOc1ccc(Cl)cc12. The minimum Gasteiger partial charge on any atom is -0.493 e. The second-order valence-electron chi connectivity index (χ2n) is 7.32. The van der Waals surface area contributed by atoms with Gasteiger partial charge in [0.05, 0.1) is 6.61 Å². The first-order chi connectivity index (χ1) is 11.6. The van der Waals surface area contributed by atoms with Crippen molar-refractivity contribution in [1.82, 2.24) is 5.32 Å². The summed E-state index contributed by atoms with van der Waals surface area (Å²) in [6.07, 6.45) is 5.87. The summed E-state index contributed by atoms with van der Waals surface area (Å²) >= 11 is 7.73. The van der Waals surface area contributed by atoms with Crippen LogP contribution in [0, 0.1) is 11.8 Å². The monoisotopic (exact) mass is 362 g/mol. The van der Waals surface area contributed by atoms with Crippen LogP contribution in [-0.4, -0.2) is 23.7 Å². The van der Waals surface area contributed by atoms with Gasteiger partial charge in [-0.05, 0) is 49.3 Å². The molecule has 2 saturated carbocycles. The van der Waals surface area contributed by atoms with Gasteiger partial charge >= 0.3 is 0 Å². The van der Waals surface area contributed by atoms with E-state index in [-0.39, 0.29) is 5.91 Å². The number of aliphatic imine (C=N–C) groups is 1. The summed E-state index contributed by atoms with van der Waals surface area (Å²) in [6, 6.07) is 6.00. The molecule has 24 heavy (non-hydrogen) atoms. The Labute approximate surface area is 150 Å². The second-order valence-corrected chi connectivity index (χ2v) is 9.04. The maximum atomic E-state index is 12.8. The molecule has 4 aliphatic rings. The van der Waals surface area contributed by atoms with Crippen molar-refractivity contribution in [3.8, 4) is 5.75 Å². The van der Waals surface area contributed by atoms with Crippen LogP contribution in [-0.2, 0) is 9.54 Å². The van der Waals surface area contributed by atoms with E-state index in [9.17, 15) is 4.79 Å². The summed E-state index contributed by atoms with van der Waals surface area (Å²) in [5, 5.41) is 4.98. The number of amidine groups is 1. The molecule has 2 fully saturated rings. The van der Waals surface area contributed by atoms with Gasteiger partial charge in [0.15, 0.2) is 5.17 Å². The average molecular weight is 363 g/mol. The number of carbonyl (C=O) groups excluding carboxylic acids is 1. The molecule has 1 spiro atoms. The first-order valence-corrected chi connectivity index (χ1v) is 9.85. The van der Waals surface area contributed by atoms with Crippen LogP contribution >= 0.6 is 23.4 Å². The van der Waals surface area contributed by atoms with Crippen LogP contribution in [0.4, 0.5) is 0 Å². The number of halogens is 1. The third-order valence-corrected chi connectivity index (χ3v) is 7.54. The van der Waals surface area contributed by atoms with Crippen molar-refractivity contribution in [3.05, 3.63) is 28.8 Å². The molecule has 2 aliphatic heterocycles. The van der Waals surface area contributed by atoms with E-state index in [2.05, 4.69) is 10.3 Å². The number of nitrogens with one attached hydrogen (secondary N) is 1. The summed E-state index contributed by atoms with van der Waals surface area (Å²) in [7, 11) is 0. The quantitative estimate of drug-likeness (QED) is 0.827. The van der Waals surface area contributed by atoms with Crippen LogP contribution in [0.3, 0.4) is 0 Å². The number of fused-ring (bicyclic) bond motifs is 4. The Bertz CT molecular complexity index is 753. The summed E-state index contributed by atoms with van der Waals surface area (Å²) < 4.78 is 5.06. The van der Waals surface area contributed by atoms with Crippen molar-refractivity contribution >= 4 is 34.4 Å². The molecule has 126 valence electrons. The van der Waals surface area contributed by atoms with Gasteiger partial charge in [0.1, 0.15) is 10.5 Å². The summed E-state index contributed by atoms with van der Waals surface area (Å²) in [5.74, 6) is 2.29. The Hall–Kier alpha value is -1.20. The molecule has 0 radical (unpaired) electrons. The molecule has 1 aromatic carbocycles. The van der Waals surface area contributed by atoms with E-state index < -0.39 is 4.75 Å². The Morgan fingerprint density at radius 3 is 3.04 bits per heavy atom. The van der Waals surface area contributed by atoms with Gasteiger partial charge in [0.25, 0.3) is 5.91 Å². The molecule has 2 unspecified atom stereocenters. The number of thioether (sulfide) groups is 1.